The second kappa shape index (κ2) is 3.07. The molecule has 0 aliphatic rings. The lowest BCUT2D eigenvalue weighted by Crippen LogP contribution is -1.86. The van der Waals surface area contributed by atoms with Crippen LogP contribution in [0.3, 0.4) is 0 Å². The van der Waals surface area contributed by atoms with Crippen molar-refractivity contribution >= 4 is 0 Å². The van der Waals surface area contributed by atoms with Crippen LogP contribution >= 0.6 is 0 Å². The van der Waals surface area contributed by atoms with Crippen LogP contribution in [0.2, 0.25) is 0 Å². The first-order chi connectivity index (χ1) is 5.11. The zero-order valence-corrected chi connectivity index (χ0v) is 7.60. The van der Waals surface area contributed by atoms with Crippen molar-refractivity contribution in [1.82, 2.24) is 10.2 Å². The Morgan fingerprint density at radius 1 is 1.18 bits per heavy atom. The molecule has 1 rings (SSSR count). The van der Waals surface area contributed by atoms with Crippen LogP contribution in [0.15, 0.2) is 0 Å². The Kier molecular flexibility index (Phi) is 2.32. The van der Waals surface area contributed by atoms with Crippen LogP contribution in [0.1, 0.15) is 50.9 Å². The molecule has 2 nitrogen and oxygen atoms in total. The minimum Gasteiger partial charge on any atom is -0.281 e. The average molecular weight is 151 g/mol. The number of rotatable bonds is 2. The molecule has 0 aliphatic carbocycles. The lowest BCUT2D eigenvalue weighted by molar-refractivity contribution is 0.791. The van der Waals surface area contributed by atoms with E-state index in [-0.39, 0.29) is 0 Å². The summed E-state index contributed by atoms with van der Waals surface area (Å²) in [6.07, 6.45) is 0. The normalized spacial score (nSPS) is 11.5. The van der Waals surface area contributed by atoms with Crippen LogP contribution in [-0.4, -0.2) is 10.2 Å². The Hall–Kier alpha value is -0.790. The molecular weight excluding hydrogens is 136 g/mol. The van der Waals surface area contributed by atoms with E-state index in [9.17, 15) is 0 Å². The third-order valence-corrected chi connectivity index (χ3v) is 1.68. The smallest absolute Gasteiger partial charge is 0.0730 e. The maximum atomic E-state index is 4.16. The number of aromatic nitrogens is 2. The van der Waals surface area contributed by atoms with Gasteiger partial charge >= 0.3 is 0 Å². The molecule has 0 amide bonds. The second-order valence-electron chi connectivity index (χ2n) is 3.46. The summed E-state index contributed by atoms with van der Waals surface area (Å²) in [7, 11) is 0. The van der Waals surface area contributed by atoms with Crippen molar-refractivity contribution in [3.8, 4) is 0 Å². The largest absolute Gasteiger partial charge is 0.281 e. The Morgan fingerprint density at radius 2 is 1.82 bits per heavy atom. The fourth-order valence-corrected chi connectivity index (χ4v) is 0.861. The molecule has 0 saturated carbocycles. The monoisotopic (exact) mass is 151 g/mol. The zero-order chi connectivity index (χ0) is 8.43. The van der Waals surface area contributed by atoms with Gasteiger partial charge in [0.2, 0.25) is 0 Å². The molecule has 0 atom stereocenters. The molecule has 0 spiro atoms. The molecule has 61 valence electrons. The predicted octanol–water partition coefficient (Wildman–Crippen LogP) is 2.46. The first-order valence-corrected chi connectivity index (χ1v) is 4.08. The van der Waals surface area contributed by atoms with Crippen molar-refractivity contribution in [3.05, 3.63) is 17.5 Å². The fourth-order valence-electron chi connectivity index (χ4n) is 0.861. The highest BCUT2D eigenvalue weighted by Crippen LogP contribution is 2.16. The van der Waals surface area contributed by atoms with Gasteiger partial charge in [0.05, 0.1) is 5.69 Å². The summed E-state index contributed by atoms with van der Waals surface area (Å²) in [6, 6.07) is 3.25. The van der Waals surface area contributed by atoms with Crippen molar-refractivity contribution in [1.29, 1.82) is 0 Å². The maximum Gasteiger partial charge on any atom is 0.0730 e. The number of nitrogens with one attached hydrogen (secondary N) is 1. The molecule has 0 saturated heterocycles. The Labute approximate surface area is 68.0 Å². The number of hydrogen-bond acceptors (Lipinski definition) is 1. The quantitative estimate of drug-likeness (QED) is 0.691. The van der Waals surface area contributed by atoms with Crippen LogP contribution < -0.4 is 0 Å². The van der Waals surface area contributed by atoms with Gasteiger partial charge in [0.15, 0.2) is 0 Å². The maximum absolute atomic E-state index is 4.16. The predicted molar refractivity (Wildman–Crippen MR) is 45.6 cm³/mol. The van der Waals surface area contributed by atoms with Gasteiger partial charge in [-0.25, -0.2) is 0 Å². The SMILES string of the molecule is CC(C)c1[c]c(C(C)C)[nH]n1. The average Bonchev–Trinajstić information content (AvgIpc) is 2.33. The number of aromatic amines is 1. The second-order valence-corrected chi connectivity index (χ2v) is 3.46. The van der Waals surface area contributed by atoms with Crippen LogP contribution in [0, 0.1) is 6.07 Å². The standard InChI is InChI=1S/C9H15N2/c1-6(2)8-5-9(7(3)4)11-10-8/h6-7H,1-4H3,(H,10,11). The van der Waals surface area contributed by atoms with E-state index in [1.165, 1.54) is 0 Å². The van der Waals surface area contributed by atoms with Crippen LogP contribution in [-0.2, 0) is 0 Å². The molecule has 11 heavy (non-hydrogen) atoms. The van der Waals surface area contributed by atoms with Gasteiger partial charge in [-0.2, -0.15) is 5.10 Å². The molecule has 1 aromatic rings. The molecule has 1 N–H and O–H groups in total. The molecular formula is C9H15N2. The van der Waals surface area contributed by atoms with Crippen molar-refractivity contribution in [3.63, 3.8) is 0 Å². The third kappa shape index (κ3) is 1.82. The summed E-state index contributed by atoms with van der Waals surface area (Å²) in [4.78, 5) is 0. The highest BCUT2D eigenvalue weighted by Gasteiger charge is 2.07. The summed E-state index contributed by atoms with van der Waals surface area (Å²) in [5.74, 6) is 0.966. The molecule has 0 unspecified atom stereocenters. The Bertz CT molecular complexity index is 201. The van der Waals surface area contributed by atoms with Crippen molar-refractivity contribution in [2.24, 2.45) is 0 Å². The van der Waals surface area contributed by atoms with Gasteiger partial charge in [0.1, 0.15) is 0 Å². The highest BCUT2D eigenvalue weighted by molar-refractivity contribution is 5.11. The zero-order valence-electron chi connectivity index (χ0n) is 7.60. The van der Waals surface area contributed by atoms with Gasteiger partial charge in [-0.1, -0.05) is 27.7 Å². The molecule has 1 aromatic heterocycles. The molecule has 1 radical (unpaired) electrons. The molecule has 0 aromatic carbocycles. The highest BCUT2D eigenvalue weighted by atomic mass is 15.1. The summed E-state index contributed by atoms with van der Waals surface area (Å²) in [6.45, 7) is 8.51. The molecule has 1 heterocycles. The van der Waals surface area contributed by atoms with E-state index in [4.69, 9.17) is 0 Å². The van der Waals surface area contributed by atoms with E-state index in [0.29, 0.717) is 11.8 Å². The lowest BCUT2D eigenvalue weighted by atomic mass is 10.1. The first kappa shape index (κ1) is 8.31. The number of hydrogen-bond donors (Lipinski definition) is 1. The van der Waals surface area contributed by atoms with Gasteiger partial charge in [-0.3, -0.25) is 5.10 Å². The molecule has 0 aliphatic heterocycles. The van der Waals surface area contributed by atoms with E-state index < -0.39 is 0 Å². The topological polar surface area (TPSA) is 28.7 Å². The van der Waals surface area contributed by atoms with Gasteiger partial charge < -0.3 is 0 Å². The minimum atomic E-state index is 0.471. The Balaban J connectivity index is 2.82. The summed E-state index contributed by atoms with van der Waals surface area (Å²) >= 11 is 0. The van der Waals surface area contributed by atoms with Gasteiger partial charge in [-0.15, -0.1) is 0 Å². The summed E-state index contributed by atoms with van der Waals surface area (Å²) < 4.78 is 0. The van der Waals surface area contributed by atoms with E-state index >= 15 is 0 Å². The van der Waals surface area contributed by atoms with E-state index in [1.807, 2.05) is 0 Å². The van der Waals surface area contributed by atoms with Crippen molar-refractivity contribution in [2.45, 2.75) is 39.5 Å². The minimum absolute atomic E-state index is 0.471. The molecule has 0 fully saturated rings. The number of nitrogens with zero attached hydrogens (tertiary/aromatic N) is 1. The number of H-pyrrole nitrogens is 1. The summed E-state index contributed by atoms with van der Waals surface area (Å²) in [5.41, 5.74) is 2.14. The van der Waals surface area contributed by atoms with E-state index in [0.717, 1.165) is 11.4 Å². The van der Waals surface area contributed by atoms with Crippen LogP contribution in [0.25, 0.3) is 0 Å². The van der Waals surface area contributed by atoms with Gasteiger partial charge in [0, 0.05) is 11.8 Å². The first-order valence-electron chi connectivity index (χ1n) is 4.08. The Morgan fingerprint density at radius 3 is 2.09 bits per heavy atom. The van der Waals surface area contributed by atoms with Gasteiger partial charge in [-0.05, 0) is 11.8 Å². The molecule has 2 heteroatoms. The van der Waals surface area contributed by atoms with Gasteiger partial charge in [0.25, 0.3) is 0 Å². The van der Waals surface area contributed by atoms with E-state index in [1.54, 1.807) is 0 Å². The summed E-state index contributed by atoms with van der Waals surface area (Å²) in [5, 5.41) is 7.14. The van der Waals surface area contributed by atoms with E-state index in [2.05, 4.69) is 44.0 Å². The van der Waals surface area contributed by atoms with Crippen molar-refractivity contribution in [2.75, 3.05) is 0 Å². The van der Waals surface area contributed by atoms with Crippen LogP contribution in [0.5, 0.6) is 0 Å². The fraction of sp³-hybridized carbons (Fsp3) is 0.667. The van der Waals surface area contributed by atoms with Crippen molar-refractivity contribution < 1.29 is 0 Å². The lowest BCUT2D eigenvalue weighted by Gasteiger charge is -1.97. The third-order valence-electron chi connectivity index (χ3n) is 1.68. The molecule has 0 bridgehead atoms. The van der Waals surface area contributed by atoms with Crippen LogP contribution in [0.4, 0.5) is 0 Å².